The van der Waals surface area contributed by atoms with Crippen LogP contribution in [0.25, 0.3) is 0 Å². The normalized spacial score (nSPS) is 16.6. The summed E-state index contributed by atoms with van der Waals surface area (Å²) in [6, 6.07) is 18.7. The molecule has 3 rings (SSSR count). The van der Waals surface area contributed by atoms with Gasteiger partial charge in [-0.05, 0) is 17.5 Å². The Kier molecular flexibility index (Phi) is 6.45. The van der Waals surface area contributed by atoms with Crippen molar-refractivity contribution in [2.75, 3.05) is 13.7 Å². The largest absolute Gasteiger partial charge is 0.465 e. The summed E-state index contributed by atoms with van der Waals surface area (Å²) in [6.45, 7) is 2.86. The number of hydrogen-bond acceptors (Lipinski definition) is 5. The Morgan fingerprint density at radius 2 is 1.71 bits per heavy atom. The van der Waals surface area contributed by atoms with Crippen LogP contribution in [-0.2, 0) is 25.7 Å². The zero-order chi connectivity index (χ0) is 19.9. The van der Waals surface area contributed by atoms with E-state index in [2.05, 4.69) is 5.32 Å². The molecule has 6 nitrogen and oxygen atoms in total. The standard InChI is InChI=1S/C22H24N2O4/c1-3-14-23-21(25)20-18(22(26)27-2)19(17-12-8-5-9-13-17)24(28-20)15-16-10-6-4-7-11-16/h4-13,19H,3,14-15H2,1-2H3,(H,23,25). The van der Waals surface area contributed by atoms with Gasteiger partial charge in [-0.1, -0.05) is 67.6 Å². The van der Waals surface area contributed by atoms with Crippen LogP contribution in [0.15, 0.2) is 72.0 Å². The number of carbonyl (C=O) groups excluding carboxylic acids is 2. The number of rotatable bonds is 7. The zero-order valence-corrected chi connectivity index (χ0v) is 16.1. The van der Waals surface area contributed by atoms with Crippen LogP contribution in [0.1, 0.15) is 30.5 Å². The number of carbonyl (C=O) groups is 2. The van der Waals surface area contributed by atoms with Crippen molar-refractivity contribution in [1.82, 2.24) is 10.4 Å². The van der Waals surface area contributed by atoms with Gasteiger partial charge in [-0.25, -0.2) is 4.79 Å². The Labute approximate surface area is 164 Å². The molecular weight excluding hydrogens is 356 g/mol. The molecular formula is C22H24N2O4. The predicted molar refractivity (Wildman–Crippen MR) is 105 cm³/mol. The maximum absolute atomic E-state index is 12.7. The smallest absolute Gasteiger partial charge is 0.339 e. The SMILES string of the molecule is CCCNC(=O)C1=C(C(=O)OC)C(c2ccccc2)N(Cc2ccccc2)O1. The molecule has 1 amide bonds. The minimum absolute atomic E-state index is 0.00918. The minimum atomic E-state index is -0.578. The van der Waals surface area contributed by atoms with E-state index in [-0.39, 0.29) is 11.3 Å². The summed E-state index contributed by atoms with van der Waals surface area (Å²) < 4.78 is 4.99. The number of nitrogens with zero attached hydrogens (tertiary/aromatic N) is 1. The molecule has 0 bridgehead atoms. The van der Waals surface area contributed by atoms with Crippen LogP contribution in [0.3, 0.4) is 0 Å². The summed E-state index contributed by atoms with van der Waals surface area (Å²) in [4.78, 5) is 31.2. The molecule has 1 aliphatic rings. The summed E-state index contributed by atoms with van der Waals surface area (Å²) in [6.07, 6.45) is 0.780. The van der Waals surface area contributed by atoms with Gasteiger partial charge in [-0.3, -0.25) is 4.79 Å². The Bertz CT molecular complexity index is 849. The lowest BCUT2D eigenvalue weighted by molar-refractivity contribution is -0.147. The topological polar surface area (TPSA) is 67.9 Å². The van der Waals surface area contributed by atoms with E-state index in [0.717, 1.165) is 17.5 Å². The number of hydroxylamine groups is 2. The predicted octanol–water partition coefficient (Wildman–Crippen LogP) is 3.13. The first-order valence-electron chi connectivity index (χ1n) is 9.29. The van der Waals surface area contributed by atoms with Crippen molar-refractivity contribution in [2.24, 2.45) is 0 Å². The van der Waals surface area contributed by atoms with E-state index in [0.29, 0.717) is 13.1 Å². The Hall–Kier alpha value is -3.12. The van der Waals surface area contributed by atoms with E-state index in [1.165, 1.54) is 7.11 Å². The summed E-state index contributed by atoms with van der Waals surface area (Å²) in [5, 5.41) is 4.43. The number of amides is 1. The van der Waals surface area contributed by atoms with E-state index in [9.17, 15) is 9.59 Å². The van der Waals surface area contributed by atoms with Gasteiger partial charge in [0.25, 0.3) is 5.91 Å². The molecule has 1 heterocycles. The van der Waals surface area contributed by atoms with Gasteiger partial charge in [-0.15, -0.1) is 5.06 Å². The third-order valence-corrected chi connectivity index (χ3v) is 4.46. The van der Waals surface area contributed by atoms with Crippen LogP contribution >= 0.6 is 0 Å². The van der Waals surface area contributed by atoms with Crippen molar-refractivity contribution in [3.05, 3.63) is 83.1 Å². The van der Waals surface area contributed by atoms with Gasteiger partial charge >= 0.3 is 5.97 Å². The molecule has 1 N–H and O–H groups in total. The molecule has 0 fully saturated rings. The van der Waals surface area contributed by atoms with Gasteiger partial charge < -0.3 is 14.9 Å². The second kappa shape index (κ2) is 9.19. The van der Waals surface area contributed by atoms with E-state index >= 15 is 0 Å². The molecule has 146 valence electrons. The number of ether oxygens (including phenoxy) is 1. The third-order valence-electron chi connectivity index (χ3n) is 4.46. The first kappa shape index (κ1) is 19.6. The van der Waals surface area contributed by atoms with E-state index in [1.807, 2.05) is 67.6 Å². The number of benzene rings is 2. The lowest BCUT2D eigenvalue weighted by Gasteiger charge is -2.24. The number of methoxy groups -OCH3 is 1. The van der Waals surface area contributed by atoms with Crippen molar-refractivity contribution < 1.29 is 19.2 Å². The Morgan fingerprint density at radius 3 is 2.32 bits per heavy atom. The van der Waals surface area contributed by atoms with Crippen molar-refractivity contribution in [3.63, 3.8) is 0 Å². The van der Waals surface area contributed by atoms with Gasteiger partial charge in [-0.2, -0.15) is 0 Å². The fourth-order valence-electron chi connectivity index (χ4n) is 3.14. The van der Waals surface area contributed by atoms with E-state index < -0.39 is 17.9 Å². The number of nitrogens with one attached hydrogen (secondary N) is 1. The molecule has 2 aromatic rings. The minimum Gasteiger partial charge on any atom is -0.465 e. The summed E-state index contributed by atoms with van der Waals surface area (Å²) in [5.41, 5.74) is 2.05. The molecule has 0 saturated carbocycles. The molecule has 0 spiro atoms. The van der Waals surface area contributed by atoms with Crippen molar-refractivity contribution in [1.29, 1.82) is 0 Å². The molecule has 0 radical (unpaired) electrons. The molecule has 1 aliphatic heterocycles. The quantitative estimate of drug-likeness (QED) is 0.748. The molecule has 28 heavy (non-hydrogen) atoms. The highest BCUT2D eigenvalue weighted by Crippen LogP contribution is 2.39. The highest BCUT2D eigenvalue weighted by molar-refractivity contribution is 6.02. The highest BCUT2D eigenvalue weighted by Gasteiger charge is 2.43. The van der Waals surface area contributed by atoms with Crippen molar-refractivity contribution in [3.8, 4) is 0 Å². The number of esters is 1. The van der Waals surface area contributed by atoms with Crippen molar-refractivity contribution >= 4 is 11.9 Å². The van der Waals surface area contributed by atoms with Crippen LogP contribution in [0.4, 0.5) is 0 Å². The fourth-order valence-corrected chi connectivity index (χ4v) is 3.14. The lowest BCUT2D eigenvalue weighted by Crippen LogP contribution is -2.28. The van der Waals surface area contributed by atoms with Crippen molar-refractivity contribution in [2.45, 2.75) is 25.9 Å². The second-order valence-corrected chi connectivity index (χ2v) is 6.46. The van der Waals surface area contributed by atoms with Crippen LogP contribution in [0, 0.1) is 0 Å². The Morgan fingerprint density at radius 1 is 1.07 bits per heavy atom. The summed E-state index contributed by atoms with van der Waals surface area (Å²) in [7, 11) is 1.30. The number of hydrogen-bond donors (Lipinski definition) is 1. The lowest BCUT2D eigenvalue weighted by atomic mass is 9.97. The fraction of sp³-hybridized carbons (Fsp3) is 0.273. The first-order chi connectivity index (χ1) is 13.7. The Balaban J connectivity index is 2.02. The average Bonchev–Trinajstić information content (AvgIpc) is 3.12. The van der Waals surface area contributed by atoms with Gasteiger partial charge in [0.1, 0.15) is 11.6 Å². The first-order valence-corrected chi connectivity index (χ1v) is 9.29. The van der Waals surface area contributed by atoms with Crippen LogP contribution in [0.5, 0.6) is 0 Å². The average molecular weight is 380 g/mol. The molecule has 6 heteroatoms. The van der Waals surface area contributed by atoms with Gasteiger partial charge in [0, 0.05) is 6.54 Å². The van der Waals surface area contributed by atoms with Crippen LogP contribution in [-0.4, -0.2) is 30.6 Å². The molecule has 2 aromatic carbocycles. The van der Waals surface area contributed by atoms with E-state index in [1.54, 1.807) is 5.06 Å². The summed E-state index contributed by atoms with van der Waals surface area (Å²) in [5.74, 6) is -1.00. The molecule has 0 aromatic heterocycles. The summed E-state index contributed by atoms with van der Waals surface area (Å²) >= 11 is 0. The molecule has 1 unspecified atom stereocenters. The highest BCUT2D eigenvalue weighted by atomic mass is 16.7. The molecule has 0 saturated heterocycles. The van der Waals surface area contributed by atoms with Crippen LogP contribution < -0.4 is 5.32 Å². The maximum Gasteiger partial charge on any atom is 0.339 e. The maximum atomic E-state index is 12.7. The van der Waals surface area contributed by atoms with E-state index in [4.69, 9.17) is 9.57 Å². The third kappa shape index (κ3) is 4.23. The van der Waals surface area contributed by atoms with Gasteiger partial charge in [0.2, 0.25) is 5.76 Å². The molecule has 1 atom stereocenters. The van der Waals surface area contributed by atoms with Crippen LogP contribution in [0.2, 0.25) is 0 Å². The monoisotopic (exact) mass is 380 g/mol. The van der Waals surface area contributed by atoms with Gasteiger partial charge in [0.05, 0.1) is 13.7 Å². The zero-order valence-electron chi connectivity index (χ0n) is 16.1. The van der Waals surface area contributed by atoms with Gasteiger partial charge in [0.15, 0.2) is 0 Å². The molecule has 0 aliphatic carbocycles. The second-order valence-electron chi connectivity index (χ2n) is 6.46.